The van der Waals surface area contributed by atoms with E-state index in [-0.39, 0.29) is 5.82 Å². The van der Waals surface area contributed by atoms with E-state index in [9.17, 15) is 4.39 Å². The Morgan fingerprint density at radius 3 is 2.58 bits per heavy atom. The van der Waals surface area contributed by atoms with Crippen LogP contribution in [0.1, 0.15) is 34.2 Å². The van der Waals surface area contributed by atoms with E-state index in [1.165, 1.54) is 17.2 Å². The van der Waals surface area contributed by atoms with Crippen molar-refractivity contribution in [3.05, 3.63) is 70.0 Å². The van der Waals surface area contributed by atoms with E-state index in [2.05, 4.69) is 32.0 Å². The molecule has 0 bridgehead atoms. The van der Waals surface area contributed by atoms with Crippen molar-refractivity contribution in [1.82, 2.24) is 0 Å². The lowest BCUT2D eigenvalue weighted by atomic mass is 9.84. The highest BCUT2D eigenvalue weighted by Crippen LogP contribution is 2.40. The molecule has 19 heavy (non-hydrogen) atoms. The van der Waals surface area contributed by atoms with Gasteiger partial charge in [-0.1, -0.05) is 24.3 Å². The first kappa shape index (κ1) is 12.4. The van der Waals surface area contributed by atoms with Gasteiger partial charge in [0.1, 0.15) is 5.82 Å². The summed E-state index contributed by atoms with van der Waals surface area (Å²) in [5.41, 5.74) is 11.9. The first-order valence-corrected chi connectivity index (χ1v) is 6.66. The van der Waals surface area contributed by atoms with Gasteiger partial charge in [-0.25, -0.2) is 4.39 Å². The zero-order chi connectivity index (χ0) is 13.6. The molecule has 1 nitrogen and oxygen atoms in total. The second-order valence-corrected chi connectivity index (χ2v) is 5.57. The van der Waals surface area contributed by atoms with Crippen LogP contribution in [0.25, 0.3) is 0 Å². The van der Waals surface area contributed by atoms with Crippen molar-refractivity contribution in [3.8, 4) is 0 Å². The maximum atomic E-state index is 13.3. The van der Waals surface area contributed by atoms with E-state index < -0.39 is 5.54 Å². The van der Waals surface area contributed by atoms with Crippen molar-refractivity contribution < 1.29 is 4.39 Å². The van der Waals surface area contributed by atoms with Crippen LogP contribution in [0.2, 0.25) is 0 Å². The van der Waals surface area contributed by atoms with E-state index >= 15 is 0 Å². The average Bonchev–Trinajstić information content (AvgIpc) is 2.71. The molecule has 0 spiro atoms. The van der Waals surface area contributed by atoms with Gasteiger partial charge in [-0.2, -0.15) is 0 Å². The Bertz CT molecular complexity index is 648. The Morgan fingerprint density at radius 2 is 1.84 bits per heavy atom. The molecule has 0 fully saturated rings. The molecule has 2 aromatic carbocycles. The van der Waals surface area contributed by atoms with Crippen LogP contribution in [0, 0.1) is 19.7 Å². The van der Waals surface area contributed by atoms with Gasteiger partial charge in [-0.3, -0.25) is 0 Å². The van der Waals surface area contributed by atoms with Gasteiger partial charge in [-0.05, 0) is 66.6 Å². The second-order valence-electron chi connectivity index (χ2n) is 5.57. The van der Waals surface area contributed by atoms with Gasteiger partial charge in [0.15, 0.2) is 0 Å². The summed E-state index contributed by atoms with van der Waals surface area (Å²) in [5.74, 6) is -0.178. The summed E-state index contributed by atoms with van der Waals surface area (Å²) >= 11 is 0. The van der Waals surface area contributed by atoms with Crippen LogP contribution in [0.15, 0.2) is 36.4 Å². The van der Waals surface area contributed by atoms with E-state index in [1.807, 2.05) is 6.07 Å². The largest absolute Gasteiger partial charge is 0.318 e. The van der Waals surface area contributed by atoms with Crippen molar-refractivity contribution in [2.75, 3.05) is 0 Å². The van der Waals surface area contributed by atoms with Gasteiger partial charge >= 0.3 is 0 Å². The number of benzene rings is 2. The summed E-state index contributed by atoms with van der Waals surface area (Å²) < 4.78 is 13.3. The number of rotatable bonds is 1. The molecule has 1 aliphatic rings. The highest BCUT2D eigenvalue weighted by atomic mass is 19.1. The van der Waals surface area contributed by atoms with E-state index in [0.717, 1.165) is 29.5 Å². The number of hydrogen-bond donors (Lipinski definition) is 1. The third kappa shape index (κ3) is 1.87. The second kappa shape index (κ2) is 4.17. The van der Waals surface area contributed by atoms with Crippen LogP contribution in [0.5, 0.6) is 0 Å². The maximum absolute atomic E-state index is 13.3. The summed E-state index contributed by atoms with van der Waals surface area (Å²) in [6, 6.07) is 11.3. The van der Waals surface area contributed by atoms with Crippen LogP contribution in [-0.2, 0) is 12.0 Å². The molecule has 2 heteroatoms. The van der Waals surface area contributed by atoms with Gasteiger partial charge < -0.3 is 5.73 Å². The van der Waals surface area contributed by atoms with Crippen LogP contribution in [0.4, 0.5) is 4.39 Å². The highest BCUT2D eigenvalue weighted by Gasteiger charge is 2.36. The zero-order valence-electron chi connectivity index (χ0n) is 11.3. The number of hydrogen-bond acceptors (Lipinski definition) is 1. The fourth-order valence-corrected chi connectivity index (χ4v) is 2.99. The predicted molar refractivity (Wildman–Crippen MR) is 75.6 cm³/mol. The molecule has 1 aliphatic carbocycles. The van der Waals surface area contributed by atoms with Crippen LogP contribution < -0.4 is 5.73 Å². The molecular weight excluding hydrogens is 237 g/mol. The van der Waals surface area contributed by atoms with Crippen molar-refractivity contribution in [3.63, 3.8) is 0 Å². The van der Waals surface area contributed by atoms with Gasteiger partial charge in [0.2, 0.25) is 0 Å². The lowest BCUT2D eigenvalue weighted by Gasteiger charge is -2.27. The molecule has 0 saturated heterocycles. The van der Waals surface area contributed by atoms with Crippen LogP contribution in [-0.4, -0.2) is 0 Å². The summed E-state index contributed by atoms with van der Waals surface area (Å²) in [4.78, 5) is 0. The fourth-order valence-electron chi connectivity index (χ4n) is 2.99. The molecule has 0 saturated carbocycles. The Balaban J connectivity index is 2.13. The summed E-state index contributed by atoms with van der Waals surface area (Å²) in [6.45, 7) is 4.20. The number of aryl methyl sites for hydroxylation is 3. The van der Waals surface area contributed by atoms with Crippen molar-refractivity contribution in [2.45, 2.75) is 32.2 Å². The standard InChI is InChI=1S/C17H18FN/c1-11-3-4-14(9-12(11)2)17(19)8-7-13-10-15(18)5-6-16(13)17/h3-6,9-10H,7-8,19H2,1-2H3. The Kier molecular flexibility index (Phi) is 2.72. The molecule has 1 unspecified atom stereocenters. The molecule has 2 aromatic rings. The monoisotopic (exact) mass is 255 g/mol. The van der Waals surface area contributed by atoms with E-state index in [4.69, 9.17) is 5.73 Å². The van der Waals surface area contributed by atoms with Crippen LogP contribution in [0.3, 0.4) is 0 Å². The third-order valence-corrected chi connectivity index (χ3v) is 4.36. The van der Waals surface area contributed by atoms with Crippen molar-refractivity contribution in [2.24, 2.45) is 5.73 Å². The van der Waals surface area contributed by atoms with Crippen LogP contribution >= 0.6 is 0 Å². The number of halogens is 1. The molecule has 0 heterocycles. The molecule has 0 radical (unpaired) electrons. The molecular formula is C17H18FN. The van der Waals surface area contributed by atoms with E-state index in [1.54, 1.807) is 6.07 Å². The molecule has 0 aromatic heterocycles. The third-order valence-electron chi connectivity index (χ3n) is 4.36. The Hall–Kier alpha value is -1.67. The van der Waals surface area contributed by atoms with Gasteiger partial charge in [0.05, 0.1) is 5.54 Å². The van der Waals surface area contributed by atoms with E-state index in [0.29, 0.717) is 0 Å². The predicted octanol–water partition coefficient (Wildman–Crippen LogP) is 3.59. The zero-order valence-corrected chi connectivity index (χ0v) is 11.3. The van der Waals surface area contributed by atoms with Crippen molar-refractivity contribution in [1.29, 1.82) is 0 Å². The number of nitrogens with two attached hydrogens (primary N) is 1. The summed E-state index contributed by atoms with van der Waals surface area (Å²) in [7, 11) is 0. The Morgan fingerprint density at radius 1 is 1.05 bits per heavy atom. The lowest BCUT2D eigenvalue weighted by molar-refractivity contribution is 0.534. The minimum Gasteiger partial charge on any atom is -0.318 e. The molecule has 2 N–H and O–H groups in total. The molecule has 98 valence electrons. The van der Waals surface area contributed by atoms with Gasteiger partial charge in [-0.15, -0.1) is 0 Å². The van der Waals surface area contributed by atoms with Gasteiger partial charge in [0, 0.05) is 0 Å². The molecule has 3 rings (SSSR count). The quantitative estimate of drug-likeness (QED) is 0.828. The Labute approximate surface area is 113 Å². The minimum absolute atomic E-state index is 0.178. The molecule has 0 amide bonds. The smallest absolute Gasteiger partial charge is 0.123 e. The topological polar surface area (TPSA) is 26.0 Å². The molecule has 0 aliphatic heterocycles. The maximum Gasteiger partial charge on any atom is 0.123 e. The first-order valence-electron chi connectivity index (χ1n) is 6.66. The summed E-state index contributed by atoms with van der Waals surface area (Å²) in [5, 5.41) is 0. The van der Waals surface area contributed by atoms with Gasteiger partial charge in [0.25, 0.3) is 0 Å². The van der Waals surface area contributed by atoms with Crippen molar-refractivity contribution >= 4 is 0 Å². The SMILES string of the molecule is Cc1ccc(C2(N)CCc3cc(F)ccc32)cc1C. The minimum atomic E-state index is -0.471. The fraction of sp³-hybridized carbons (Fsp3) is 0.294. The number of fused-ring (bicyclic) bond motifs is 1. The highest BCUT2D eigenvalue weighted by molar-refractivity contribution is 5.48. The normalized spacial score (nSPS) is 21.5. The first-order chi connectivity index (χ1) is 9.00. The summed E-state index contributed by atoms with van der Waals surface area (Å²) in [6.07, 6.45) is 1.69. The molecule has 1 atom stereocenters. The lowest BCUT2D eigenvalue weighted by Crippen LogP contribution is -2.35. The average molecular weight is 255 g/mol.